The van der Waals surface area contributed by atoms with Crippen molar-refractivity contribution in [2.45, 2.75) is 32.5 Å². The van der Waals surface area contributed by atoms with Crippen LogP contribution in [0.15, 0.2) is 18.2 Å². The zero-order chi connectivity index (χ0) is 14.6. The van der Waals surface area contributed by atoms with Gasteiger partial charge in [-0.15, -0.1) is 0 Å². The molecular weight excluding hydrogens is 314 g/mol. The molecule has 106 valence electrons. The standard InChI is InChI=1S/C13H18BrNO4/c1-13(2,3)19-12(18)15-8-4-5-10(16)9(6-8)11(17)7-14/h4-6,11,16-17H,7H2,1-3H3,(H,15,18). The quantitative estimate of drug-likeness (QED) is 0.587. The molecule has 1 aromatic carbocycles. The number of rotatable bonds is 3. The molecule has 3 N–H and O–H groups in total. The van der Waals surface area contributed by atoms with E-state index >= 15 is 0 Å². The van der Waals surface area contributed by atoms with Crippen molar-refractivity contribution >= 4 is 27.7 Å². The molecule has 0 bridgehead atoms. The Hall–Kier alpha value is -1.27. The van der Waals surface area contributed by atoms with Crippen molar-refractivity contribution in [3.63, 3.8) is 0 Å². The van der Waals surface area contributed by atoms with Crippen molar-refractivity contribution in [2.75, 3.05) is 10.6 Å². The van der Waals surface area contributed by atoms with Gasteiger partial charge >= 0.3 is 6.09 Å². The lowest BCUT2D eigenvalue weighted by Crippen LogP contribution is -2.27. The minimum atomic E-state index is -0.847. The molecule has 1 amide bonds. The fraction of sp³-hybridized carbons (Fsp3) is 0.462. The van der Waals surface area contributed by atoms with E-state index in [0.717, 1.165) is 0 Å². The molecule has 19 heavy (non-hydrogen) atoms. The van der Waals surface area contributed by atoms with Gasteiger partial charge in [0.1, 0.15) is 11.4 Å². The van der Waals surface area contributed by atoms with Gasteiger partial charge in [-0.1, -0.05) is 15.9 Å². The van der Waals surface area contributed by atoms with Crippen LogP contribution in [0.4, 0.5) is 10.5 Å². The Morgan fingerprint density at radius 1 is 1.47 bits per heavy atom. The Kier molecular flexibility index (Phi) is 5.20. The monoisotopic (exact) mass is 331 g/mol. The lowest BCUT2D eigenvalue weighted by Gasteiger charge is -2.20. The van der Waals surface area contributed by atoms with Crippen molar-refractivity contribution < 1.29 is 19.7 Å². The number of halogens is 1. The van der Waals surface area contributed by atoms with E-state index < -0.39 is 17.8 Å². The maximum atomic E-state index is 11.6. The number of phenolic OH excluding ortho intramolecular Hbond substituents is 1. The number of hydrogen-bond acceptors (Lipinski definition) is 4. The van der Waals surface area contributed by atoms with Gasteiger partial charge in [-0.2, -0.15) is 0 Å². The molecule has 1 aromatic rings. The summed E-state index contributed by atoms with van der Waals surface area (Å²) in [6.45, 7) is 5.30. The van der Waals surface area contributed by atoms with E-state index in [9.17, 15) is 15.0 Å². The normalized spacial score (nSPS) is 12.9. The first kappa shape index (κ1) is 15.8. The van der Waals surface area contributed by atoms with E-state index in [0.29, 0.717) is 11.3 Å². The molecule has 5 nitrogen and oxygen atoms in total. The Bertz CT molecular complexity index is 456. The van der Waals surface area contributed by atoms with Gasteiger partial charge in [0.15, 0.2) is 0 Å². The van der Waals surface area contributed by atoms with Crippen molar-refractivity contribution in [1.82, 2.24) is 0 Å². The molecule has 0 aliphatic heterocycles. The molecule has 0 heterocycles. The molecule has 0 fully saturated rings. The fourth-order valence-electron chi connectivity index (χ4n) is 1.40. The van der Waals surface area contributed by atoms with Crippen LogP contribution in [0.25, 0.3) is 0 Å². The molecule has 0 aliphatic rings. The average Bonchev–Trinajstić information content (AvgIpc) is 2.28. The van der Waals surface area contributed by atoms with E-state index in [2.05, 4.69) is 21.2 Å². The van der Waals surface area contributed by atoms with Gasteiger partial charge in [0.2, 0.25) is 0 Å². The van der Waals surface area contributed by atoms with Crippen LogP contribution in [0.1, 0.15) is 32.4 Å². The summed E-state index contributed by atoms with van der Waals surface area (Å²) in [7, 11) is 0. The molecule has 6 heteroatoms. The number of amides is 1. The molecule has 0 spiro atoms. The van der Waals surface area contributed by atoms with Crippen LogP contribution >= 0.6 is 15.9 Å². The second-order valence-electron chi connectivity index (χ2n) is 5.07. The Labute approximate surface area is 120 Å². The van der Waals surface area contributed by atoms with E-state index in [1.807, 2.05) is 0 Å². The number of carbonyl (C=O) groups is 1. The molecule has 0 saturated heterocycles. The van der Waals surface area contributed by atoms with Gasteiger partial charge in [-0.25, -0.2) is 4.79 Å². The van der Waals surface area contributed by atoms with E-state index in [4.69, 9.17) is 4.74 Å². The lowest BCUT2D eigenvalue weighted by molar-refractivity contribution is 0.0636. The molecule has 0 radical (unpaired) electrons. The first-order valence-corrected chi connectivity index (χ1v) is 6.92. The van der Waals surface area contributed by atoms with Gasteiger partial charge in [0.25, 0.3) is 0 Å². The summed E-state index contributed by atoms with van der Waals surface area (Å²) in [6.07, 6.45) is -1.43. The SMILES string of the molecule is CC(C)(C)OC(=O)Nc1ccc(O)c(C(O)CBr)c1. The second kappa shape index (κ2) is 6.25. The number of alkyl halides is 1. The Morgan fingerprint density at radius 3 is 2.63 bits per heavy atom. The van der Waals surface area contributed by atoms with Gasteiger partial charge in [-0.05, 0) is 39.0 Å². The largest absolute Gasteiger partial charge is 0.508 e. The summed E-state index contributed by atoms with van der Waals surface area (Å²) in [4.78, 5) is 11.6. The summed E-state index contributed by atoms with van der Waals surface area (Å²) >= 11 is 3.13. The Morgan fingerprint density at radius 2 is 2.11 bits per heavy atom. The zero-order valence-corrected chi connectivity index (χ0v) is 12.7. The number of nitrogens with one attached hydrogen (secondary N) is 1. The molecule has 0 aromatic heterocycles. The summed E-state index contributed by atoms with van der Waals surface area (Å²) in [5.41, 5.74) is 0.201. The first-order chi connectivity index (χ1) is 8.73. The number of aromatic hydroxyl groups is 1. The summed E-state index contributed by atoms with van der Waals surface area (Å²) in [5, 5.41) is 22.2. The van der Waals surface area contributed by atoms with Gasteiger partial charge < -0.3 is 14.9 Å². The maximum Gasteiger partial charge on any atom is 0.412 e. The minimum absolute atomic E-state index is 0.0262. The third kappa shape index (κ3) is 5.08. The highest BCUT2D eigenvalue weighted by Gasteiger charge is 2.17. The summed E-state index contributed by atoms with van der Waals surface area (Å²) < 4.78 is 5.11. The predicted molar refractivity (Wildman–Crippen MR) is 76.7 cm³/mol. The van der Waals surface area contributed by atoms with E-state index in [-0.39, 0.29) is 11.1 Å². The number of benzene rings is 1. The van der Waals surface area contributed by atoms with Crippen LogP contribution in [0.2, 0.25) is 0 Å². The van der Waals surface area contributed by atoms with Gasteiger partial charge in [0.05, 0.1) is 6.10 Å². The lowest BCUT2D eigenvalue weighted by atomic mass is 10.1. The molecular formula is C13H18BrNO4. The maximum absolute atomic E-state index is 11.6. The van der Waals surface area contributed by atoms with Crippen molar-refractivity contribution in [2.24, 2.45) is 0 Å². The number of anilines is 1. The fourth-order valence-corrected chi connectivity index (χ4v) is 1.75. The summed E-state index contributed by atoms with van der Waals surface area (Å²) in [5.74, 6) is -0.0262. The molecule has 0 saturated carbocycles. The second-order valence-corrected chi connectivity index (χ2v) is 5.72. The third-order valence-electron chi connectivity index (χ3n) is 2.18. The smallest absolute Gasteiger partial charge is 0.412 e. The number of ether oxygens (including phenoxy) is 1. The van der Waals surface area contributed by atoms with Crippen LogP contribution in [-0.4, -0.2) is 27.2 Å². The van der Waals surface area contributed by atoms with Crippen molar-refractivity contribution in [1.29, 1.82) is 0 Å². The molecule has 1 atom stereocenters. The van der Waals surface area contributed by atoms with Gasteiger partial charge in [-0.3, -0.25) is 5.32 Å². The summed E-state index contributed by atoms with van der Waals surface area (Å²) in [6, 6.07) is 4.45. The van der Waals surface area contributed by atoms with Crippen LogP contribution in [-0.2, 0) is 4.74 Å². The van der Waals surface area contributed by atoms with E-state index in [1.54, 1.807) is 20.8 Å². The average molecular weight is 332 g/mol. The highest BCUT2D eigenvalue weighted by atomic mass is 79.9. The number of carbonyl (C=O) groups excluding carboxylic acids is 1. The zero-order valence-electron chi connectivity index (χ0n) is 11.1. The number of hydrogen-bond donors (Lipinski definition) is 3. The van der Waals surface area contributed by atoms with Crippen molar-refractivity contribution in [3.05, 3.63) is 23.8 Å². The number of phenols is 1. The number of aliphatic hydroxyl groups is 1. The predicted octanol–water partition coefficient (Wildman–Crippen LogP) is 3.17. The van der Waals surface area contributed by atoms with E-state index in [1.165, 1.54) is 18.2 Å². The van der Waals surface area contributed by atoms with Crippen LogP contribution < -0.4 is 5.32 Å². The number of aliphatic hydroxyl groups excluding tert-OH is 1. The highest BCUT2D eigenvalue weighted by Crippen LogP contribution is 2.28. The molecule has 1 rings (SSSR count). The molecule has 0 aliphatic carbocycles. The highest BCUT2D eigenvalue weighted by molar-refractivity contribution is 9.09. The van der Waals surface area contributed by atoms with Crippen molar-refractivity contribution in [3.8, 4) is 5.75 Å². The van der Waals surface area contributed by atoms with Crippen LogP contribution in [0.5, 0.6) is 5.75 Å². The topological polar surface area (TPSA) is 78.8 Å². The minimum Gasteiger partial charge on any atom is -0.508 e. The third-order valence-corrected chi connectivity index (χ3v) is 2.79. The van der Waals surface area contributed by atoms with Crippen LogP contribution in [0.3, 0.4) is 0 Å². The first-order valence-electron chi connectivity index (χ1n) is 5.80. The molecule has 1 unspecified atom stereocenters. The van der Waals surface area contributed by atoms with Crippen LogP contribution in [0, 0.1) is 0 Å². The Balaban J connectivity index is 2.83. The van der Waals surface area contributed by atoms with Gasteiger partial charge in [0, 0.05) is 16.6 Å².